The average molecular weight is 214 g/mol. The highest BCUT2D eigenvalue weighted by Crippen LogP contribution is 2.20. The molecular formula is C14H18N2. The fourth-order valence-corrected chi connectivity index (χ4v) is 2.04. The molecule has 2 nitrogen and oxygen atoms in total. The number of benzene rings is 2. The van der Waals surface area contributed by atoms with E-state index in [4.69, 9.17) is 5.73 Å². The van der Waals surface area contributed by atoms with E-state index < -0.39 is 0 Å². The zero-order valence-corrected chi connectivity index (χ0v) is 9.90. The van der Waals surface area contributed by atoms with Crippen LogP contribution in [-0.2, 0) is 13.1 Å². The van der Waals surface area contributed by atoms with Crippen LogP contribution >= 0.6 is 0 Å². The normalized spacial score (nSPS) is 11.2. The molecule has 2 heteroatoms. The second-order valence-electron chi connectivity index (χ2n) is 4.41. The van der Waals surface area contributed by atoms with Crippen LogP contribution in [0.3, 0.4) is 0 Å². The van der Waals surface area contributed by atoms with Crippen LogP contribution in [0.1, 0.15) is 11.1 Å². The molecule has 0 amide bonds. The fourth-order valence-electron chi connectivity index (χ4n) is 2.04. The molecule has 0 heterocycles. The summed E-state index contributed by atoms with van der Waals surface area (Å²) in [6.45, 7) is 1.58. The van der Waals surface area contributed by atoms with Crippen molar-refractivity contribution in [3.63, 3.8) is 0 Å². The Kier molecular flexibility index (Phi) is 3.22. The molecule has 0 aliphatic carbocycles. The summed E-state index contributed by atoms with van der Waals surface area (Å²) in [5.74, 6) is 0. The third-order valence-corrected chi connectivity index (χ3v) is 2.75. The highest BCUT2D eigenvalue weighted by Gasteiger charge is 2.01. The molecule has 0 atom stereocenters. The van der Waals surface area contributed by atoms with Crippen LogP contribution in [0.2, 0.25) is 0 Å². The Balaban J connectivity index is 2.47. The van der Waals surface area contributed by atoms with Gasteiger partial charge in [-0.15, -0.1) is 0 Å². The predicted octanol–water partition coefficient (Wildman–Crippen LogP) is 2.36. The van der Waals surface area contributed by atoms with E-state index in [9.17, 15) is 0 Å². The van der Waals surface area contributed by atoms with Crippen molar-refractivity contribution in [3.05, 3.63) is 47.5 Å². The lowest BCUT2D eigenvalue weighted by atomic mass is 10.0. The minimum Gasteiger partial charge on any atom is -0.326 e. The second-order valence-corrected chi connectivity index (χ2v) is 4.41. The molecule has 2 N–H and O–H groups in total. The van der Waals surface area contributed by atoms with Gasteiger partial charge in [-0.3, -0.25) is 0 Å². The van der Waals surface area contributed by atoms with Crippen LogP contribution in [0.5, 0.6) is 0 Å². The molecular weight excluding hydrogens is 196 g/mol. The Bertz CT molecular complexity index is 489. The van der Waals surface area contributed by atoms with Crippen molar-refractivity contribution in [2.45, 2.75) is 13.1 Å². The van der Waals surface area contributed by atoms with Gasteiger partial charge in [-0.2, -0.15) is 0 Å². The van der Waals surface area contributed by atoms with E-state index in [1.165, 1.54) is 21.9 Å². The first-order chi connectivity index (χ1) is 7.70. The zero-order chi connectivity index (χ0) is 11.5. The van der Waals surface area contributed by atoms with Crippen molar-refractivity contribution in [2.75, 3.05) is 14.1 Å². The van der Waals surface area contributed by atoms with Gasteiger partial charge in [0.05, 0.1) is 0 Å². The summed E-state index contributed by atoms with van der Waals surface area (Å²) < 4.78 is 0. The molecule has 0 unspecified atom stereocenters. The van der Waals surface area contributed by atoms with Crippen LogP contribution in [0.4, 0.5) is 0 Å². The van der Waals surface area contributed by atoms with Crippen LogP contribution in [0.15, 0.2) is 36.4 Å². The third-order valence-electron chi connectivity index (χ3n) is 2.75. The van der Waals surface area contributed by atoms with Gasteiger partial charge in [-0.1, -0.05) is 30.3 Å². The lowest BCUT2D eigenvalue weighted by Gasteiger charge is -2.11. The van der Waals surface area contributed by atoms with E-state index in [-0.39, 0.29) is 0 Å². The number of hydrogen-bond donors (Lipinski definition) is 1. The molecule has 0 saturated heterocycles. The highest BCUT2D eigenvalue weighted by molar-refractivity contribution is 5.86. The molecule has 0 spiro atoms. The Morgan fingerprint density at radius 1 is 1.12 bits per heavy atom. The van der Waals surface area contributed by atoms with E-state index in [0.29, 0.717) is 6.54 Å². The van der Waals surface area contributed by atoms with Gasteiger partial charge in [-0.05, 0) is 42.1 Å². The molecule has 0 fully saturated rings. The number of nitrogens with zero attached hydrogens (tertiary/aromatic N) is 1. The lowest BCUT2D eigenvalue weighted by Crippen LogP contribution is -2.10. The summed E-state index contributed by atoms with van der Waals surface area (Å²) in [4.78, 5) is 2.17. The Labute approximate surface area is 96.7 Å². The molecule has 0 aliphatic rings. The monoisotopic (exact) mass is 214 g/mol. The molecule has 2 rings (SSSR count). The number of nitrogens with two attached hydrogens (primary N) is 1. The number of rotatable bonds is 3. The maximum absolute atomic E-state index is 5.73. The van der Waals surface area contributed by atoms with Crippen LogP contribution in [-0.4, -0.2) is 19.0 Å². The van der Waals surface area contributed by atoms with E-state index in [1.54, 1.807) is 0 Å². The zero-order valence-electron chi connectivity index (χ0n) is 9.90. The number of fused-ring (bicyclic) bond motifs is 1. The van der Waals surface area contributed by atoms with Gasteiger partial charge in [0, 0.05) is 13.1 Å². The Hall–Kier alpha value is -1.38. The molecule has 0 bridgehead atoms. The standard InChI is InChI=1S/C14H18N2/c1-16(2)10-11-6-7-14-12(8-11)4-3-5-13(14)9-15/h3-8H,9-10,15H2,1-2H3. The molecule has 0 aliphatic heterocycles. The Morgan fingerprint density at radius 2 is 1.94 bits per heavy atom. The topological polar surface area (TPSA) is 29.3 Å². The van der Waals surface area contributed by atoms with E-state index in [1.807, 2.05) is 0 Å². The average Bonchev–Trinajstić information content (AvgIpc) is 2.27. The smallest absolute Gasteiger partial charge is 0.0227 e. The van der Waals surface area contributed by atoms with Gasteiger partial charge in [-0.25, -0.2) is 0 Å². The van der Waals surface area contributed by atoms with Gasteiger partial charge in [0.2, 0.25) is 0 Å². The SMILES string of the molecule is CN(C)Cc1ccc2c(CN)cccc2c1. The quantitative estimate of drug-likeness (QED) is 0.850. The van der Waals surface area contributed by atoms with Gasteiger partial charge < -0.3 is 10.6 Å². The largest absolute Gasteiger partial charge is 0.326 e. The molecule has 0 aromatic heterocycles. The van der Waals surface area contributed by atoms with Gasteiger partial charge in [0.1, 0.15) is 0 Å². The summed E-state index contributed by atoms with van der Waals surface area (Å²) in [5.41, 5.74) is 8.28. The second kappa shape index (κ2) is 4.64. The fraction of sp³-hybridized carbons (Fsp3) is 0.286. The molecule has 16 heavy (non-hydrogen) atoms. The summed E-state index contributed by atoms with van der Waals surface area (Å²) in [6.07, 6.45) is 0. The molecule has 84 valence electrons. The van der Waals surface area contributed by atoms with E-state index in [2.05, 4.69) is 55.4 Å². The van der Waals surface area contributed by atoms with E-state index >= 15 is 0 Å². The summed E-state index contributed by atoms with van der Waals surface area (Å²) in [7, 11) is 4.17. The summed E-state index contributed by atoms with van der Waals surface area (Å²) in [6, 6.07) is 12.9. The minimum atomic E-state index is 0.602. The van der Waals surface area contributed by atoms with Crippen molar-refractivity contribution >= 4 is 10.8 Å². The summed E-state index contributed by atoms with van der Waals surface area (Å²) >= 11 is 0. The van der Waals surface area contributed by atoms with Crippen LogP contribution in [0, 0.1) is 0 Å². The maximum atomic E-state index is 5.73. The van der Waals surface area contributed by atoms with Crippen molar-refractivity contribution in [1.82, 2.24) is 4.90 Å². The van der Waals surface area contributed by atoms with Crippen LogP contribution in [0.25, 0.3) is 10.8 Å². The third kappa shape index (κ3) is 2.23. The highest BCUT2D eigenvalue weighted by atomic mass is 15.0. The maximum Gasteiger partial charge on any atom is 0.0227 e. The molecule has 2 aromatic rings. The first-order valence-corrected chi connectivity index (χ1v) is 5.56. The predicted molar refractivity (Wildman–Crippen MR) is 69.2 cm³/mol. The van der Waals surface area contributed by atoms with Crippen molar-refractivity contribution in [3.8, 4) is 0 Å². The van der Waals surface area contributed by atoms with Crippen molar-refractivity contribution in [1.29, 1.82) is 0 Å². The lowest BCUT2D eigenvalue weighted by molar-refractivity contribution is 0.403. The molecule has 0 radical (unpaired) electrons. The first-order valence-electron chi connectivity index (χ1n) is 5.56. The van der Waals surface area contributed by atoms with Gasteiger partial charge in [0.25, 0.3) is 0 Å². The summed E-state index contributed by atoms with van der Waals surface area (Å²) in [5, 5.41) is 2.55. The van der Waals surface area contributed by atoms with E-state index in [0.717, 1.165) is 6.54 Å². The first kappa shape index (κ1) is 11.1. The van der Waals surface area contributed by atoms with Crippen molar-refractivity contribution in [2.24, 2.45) is 5.73 Å². The number of hydrogen-bond acceptors (Lipinski definition) is 2. The van der Waals surface area contributed by atoms with Gasteiger partial charge in [0.15, 0.2) is 0 Å². The minimum absolute atomic E-state index is 0.602. The molecule has 2 aromatic carbocycles. The van der Waals surface area contributed by atoms with Crippen molar-refractivity contribution < 1.29 is 0 Å². The molecule has 0 saturated carbocycles. The van der Waals surface area contributed by atoms with Gasteiger partial charge >= 0.3 is 0 Å². The van der Waals surface area contributed by atoms with Crippen LogP contribution < -0.4 is 5.73 Å². The Morgan fingerprint density at radius 3 is 2.62 bits per heavy atom.